The summed E-state index contributed by atoms with van der Waals surface area (Å²) in [6.45, 7) is 1.95. The molecule has 0 heterocycles. The molecular weight excluding hydrogens is 397 g/mol. The van der Waals surface area contributed by atoms with E-state index in [4.69, 9.17) is 23.2 Å². The van der Waals surface area contributed by atoms with E-state index in [1.54, 1.807) is 18.2 Å². The molecule has 0 saturated heterocycles. The number of hydrogen-bond acceptors (Lipinski definition) is 2. The lowest BCUT2D eigenvalue weighted by Crippen LogP contribution is -2.14. The zero-order chi connectivity index (χ0) is 15.6. The van der Waals surface area contributed by atoms with E-state index in [0.29, 0.717) is 17.1 Å². The molecule has 0 aliphatic rings. The standard InChI is InChI=1S/C14H12BrCl2NO2S/c1-2-9-7-10(15)3-6-13(9)18-21(19,20)14-8-11(16)4-5-12(14)17/h3-8,18H,2H2,1H3. The molecule has 21 heavy (non-hydrogen) atoms. The molecule has 112 valence electrons. The van der Waals surface area contributed by atoms with Gasteiger partial charge in [0.1, 0.15) is 4.90 Å². The van der Waals surface area contributed by atoms with Gasteiger partial charge in [-0.2, -0.15) is 0 Å². The Balaban J connectivity index is 2.45. The van der Waals surface area contributed by atoms with Crippen molar-refractivity contribution in [3.05, 3.63) is 56.5 Å². The average Bonchev–Trinajstić information content (AvgIpc) is 2.43. The summed E-state index contributed by atoms with van der Waals surface area (Å²) >= 11 is 15.2. The normalized spacial score (nSPS) is 11.4. The van der Waals surface area contributed by atoms with Crippen LogP contribution in [0.4, 0.5) is 5.69 Å². The van der Waals surface area contributed by atoms with Gasteiger partial charge in [-0.15, -0.1) is 0 Å². The van der Waals surface area contributed by atoms with Gasteiger partial charge in [0, 0.05) is 9.50 Å². The number of hydrogen-bond donors (Lipinski definition) is 1. The van der Waals surface area contributed by atoms with Crippen LogP contribution in [0.25, 0.3) is 0 Å². The van der Waals surface area contributed by atoms with Crippen LogP contribution in [-0.2, 0) is 16.4 Å². The highest BCUT2D eigenvalue weighted by Crippen LogP contribution is 2.29. The van der Waals surface area contributed by atoms with E-state index in [9.17, 15) is 8.42 Å². The SMILES string of the molecule is CCc1cc(Br)ccc1NS(=O)(=O)c1cc(Cl)ccc1Cl. The van der Waals surface area contributed by atoms with E-state index < -0.39 is 10.0 Å². The van der Waals surface area contributed by atoms with Gasteiger partial charge in [0.2, 0.25) is 0 Å². The highest BCUT2D eigenvalue weighted by Gasteiger charge is 2.19. The molecule has 2 rings (SSSR count). The molecule has 0 bridgehead atoms. The average molecular weight is 409 g/mol. The van der Waals surface area contributed by atoms with Gasteiger partial charge in [-0.1, -0.05) is 46.1 Å². The fourth-order valence-corrected chi connectivity index (χ4v) is 4.11. The third-order valence-corrected chi connectivity index (χ3v) is 5.45. The summed E-state index contributed by atoms with van der Waals surface area (Å²) in [5, 5.41) is 0.438. The molecule has 3 nitrogen and oxygen atoms in total. The predicted octanol–water partition coefficient (Wildman–Crippen LogP) is 5.12. The van der Waals surface area contributed by atoms with Crippen LogP contribution >= 0.6 is 39.1 Å². The molecule has 0 aromatic heterocycles. The van der Waals surface area contributed by atoms with Gasteiger partial charge < -0.3 is 0 Å². The maximum Gasteiger partial charge on any atom is 0.263 e. The quantitative estimate of drug-likeness (QED) is 0.762. The first-order valence-corrected chi connectivity index (χ1v) is 9.13. The van der Waals surface area contributed by atoms with Crippen LogP contribution in [0.15, 0.2) is 45.8 Å². The van der Waals surface area contributed by atoms with Gasteiger partial charge in [0.05, 0.1) is 10.7 Å². The summed E-state index contributed by atoms with van der Waals surface area (Å²) in [7, 11) is -3.79. The number of nitrogens with one attached hydrogen (secondary N) is 1. The minimum absolute atomic E-state index is 0.0401. The maximum absolute atomic E-state index is 12.5. The van der Waals surface area contributed by atoms with Crippen LogP contribution in [-0.4, -0.2) is 8.42 Å². The summed E-state index contributed by atoms with van der Waals surface area (Å²) in [6, 6.07) is 9.68. The minimum Gasteiger partial charge on any atom is -0.279 e. The second kappa shape index (κ2) is 6.57. The number of benzene rings is 2. The van der Waals surface area contributed by atoms with E-state index in [2.05, 4.69) is 20.7 Å². The molecule has 0 fully saturated rings. The molecule has 2 aromatic rings. The Labute approximate surface area is 142 Å². The van der Waals surface area contributed by atoms with Gasteiger partial charge in [-0.05, 0) is 48.4 Å². The number of rotatable bonds is 4. The summed E-state index contributed by atoms with van der Waals surface area (Å²) in [6.07, 6.45) is 0.695. The number of anilines is 1. The van der Waals surface area contributed by atoms with Crippen molar-refractivity contribution in [1.29, 1.82) is 0 Å². The lowest BCUT2D eigenvalue weighted by atomic mass is 10.1. The summed E-state index contributed by atoms with van der Waals surface area (Å²) in [5.41, 5.74) is 1.41. The van der Waals surface area contributed by atoms with E-state index in [0.717, 1.165) is 10.0 Å². The number of halogens is 3. The molecule has 0 spiro atoms. The molecule has 7 heteroatoms. The van der Waals surface area contributed by atoms with E-state index in [1.807, 2.05) is 13.0 Å². The molecule has 0 aliphatic carbocycles. The first kappa shape index (κ1) is 16.6. The molecule has 2 aromatic carbocycles. The molecule has 0 amide bonds. The first-order chi connectivity index (χ1) is 9.83. The summed E-state index contributed by atoms with van der Waals surface area (Å²) in [4.78, 5) is -0.0401. The Bertz CT molecular complexity index is 779. The van der Waals surface area contributed by atoms with Crippen LogP contribution in [0, 0.1) is 0 Å². The number of aryl methyl sites for hydroxylation is 1. The predicted molar refractivity (Wildman–Crippen MR) is 90.8 cm³/mol. The zero-order valence-electron chi connectivity index (χ0n) is 11.0. The van der Waals surface area contributed by atoms with E-state index in [1.165, 1.54) is 12.1 Å². The van der Waals surface area contributed by atoms with Crippen molar-refractivity contribution in [2.24, 2.45) is 0 Å². The second-order valence-electron chi connectivity index (χ2n) is 4.34. The smallest absolute Gasteiger partial charge is 0.263 e. The van der Waals surface area contributed by atoms with E-state index >= 15 is 0 Å². The van der Waals surface area contributed by atoms with Crippen molar-refractivity contribution in [2.75, 3.05) is 4.72 Å². The third kappa shape index (κ3) is 3.92. The fraction of sp³-hybridized carbons (Fsp3) is 0.143. The van der Waals surface area contributed by atoms with Gasteiger partial charge in [-0.25, -0.2) is 8.42 Å². The third-order valence-electron chi connectivity index (χ3n) is 2.88. The van der Waals surface area contributed by atoms with Crippen molar-refractivity contribution in [3.63, 3.8) is 0 Å². The molecular formula is C14H12BrCl2NO2S. The first-order valence-electron chi connectivity index (χ1n) is 6.10. The molecule has 0 unspecified atom stereocenters. The monoisotopic (exact) mass is 407 g/mol. The Hall–Kier alpha value is -0.750. The molecule has 1 N–H and O–H groups in total. The molecule has 0 saturated carbocycles. The van der Waals surface area contributed by atoms with Crippen molar-refractivity contribution in [1.82, 2.24) is 0 Å². The van der Waals surface area contributed by atoms with Crippen LogP contribution < -0.4 is 4.72 Å². The summed E-state index contributed by atoms with van der Waals surface area (Å²) in [5.74, 6) is 0. The largest absolute Gasteiger partial charge is 0.279 e. The lowest BCUT2D eigenvalue weighted by molar-refractivity contribution is 0.601. The zero-order valence-corrected chi connectivity index (χ0v) is 14.9. The lowest BCUT2D eigenvalue weighted by Gasteiger charge is -2.13. The fourth-order valence-electron chi connectivity index (χ4n) is 1.84. The topological polar surface area (TPSA) is 46.2 Å². The van der Waals surface area contributed by atoms with E-state index in [-0.39, 0.29) is 9.92 Å². The van der Waals surface area contributed by atoms with Crippen molar-refractivity contribution < 1.29 is 8.42 Å². The van der Waals surface area contributed by atoms with Gasteiger partial charge in [0.25, 0.3) is 10.0 Å². The Morgan fingerprint density at radius 3 is 2.52 bits per heavy atom. The maximum atomic E-state index is 12.5. The van der Waals surface area contributed by atoms with Crippen LogP contribution in [0.3, 0.4) is 0 Å². The van der Waals surface area contributed by atoms with Crippen LogP contribution in [0.2, 0.25) is 10.0 Å². The summed E-state index contributed by atoms with van der Waals surface area (Å²) < 4.78 is 28.4. The van der Waals surface area contributed by atoms with Crippen molar-refractivity contribution in [2.45, 2.75) is 18.2 Å². The van der Waals surface area contributed by atoms with Crippen LogP contribution in [0.5, 0.6) is 0 Å². The van der Waals surface area contributed by atoms with Crippen LogP contribution in [0.1, 0.15) is 12.5 Å². The van der Waals surface area contributed by atoms with Gasteiger partial charge >= 0.3 is 0 Å². The highest BCUT2D eigenvalue weighted by molar-refractivity contribution is 9.10. The Kier molecular flexibility index (Phi) is 5.20. The molecule has 0 atom stereocenters. The Morgan fingerprint density at radius 1 is 1.14 bits per heavy atom. The minimum atomic E-state index is -3.79. The second-order valence-corrected chi connectivity index (χ2v) is 7.75. The Morgan fingerprint density at radius 2 is 1.86 bits per heavy atom. The highest BCUT2D eigenvalue weighted by atomic mass is 79.9. The van der Waals surface area contributed by atoms with Gasteiger partial charge in [-0.3, -0.25) is 4.72 Å². The molecule has 0 aliphatic heterocycles. The van der Waals surface area contributed by atoms with Crippen molar-refractivity contribution >= 4 is 54.8 Å². The van der Waals surface area contributed by atoms with Crippen molar-refractivity contribution in [3.8, 4) is 0 Å². The van der Waals surface area contributed by atoms with Gasteiger partial charge in [0.15, 0.2) is 0 Å². The molecule has 0 radical (unpaired) electrons. The number of sulfonamides is 1.